The summed E-state index contributed by atoms with van der Waals surface area (Å²) < 4.78 is 5.56. The lowest BCUT2D eigenvalue weighted by molar-refractivity contribution is 0.104. The van der Waals surface area contributed by atoms with Crippen LogP contribution in [0, 0.1) is 0 Å². The molecule has 0 bridgehead atoms. The number of nitrogens with one attached hydrogen (secondary N) is 1. The molecular weight excluding hydrogens is 244 g/mol. The van der Waals surface area contributed by atoms with Gasteiger partial charge in [-0.3, -0.25) is 4.98 Å². The number of aromatic nitrogens is 1. The van der Waals surface area contributed by atoms with Crippen molar-refractivity contribution in [1.29, 1.82) is 0 Å². The van der Waals surface area contributed by atoms with E-state index in [9.17, 15) is 0 Å². The third-order valence-corrected chi connectivity index (χ3v) is 3.22. The molecule has 1 fully saturated rings. The molecular formula is C13H20N4O2. The maximum Gasteiger partial charge on any atom is 0.189 e. The average molecular weight is 264 g/mol. The zero-order valence-electron chi connectivity index (χ0n) is 10.9. The molecule has 2 rings (SSSR count). The molecule has 1 saturated heterocycles. The number of ether oxygens (including phenoxy) is 1. The highest BCUT2D eigenvalue weighted by molar-refractivity contribution is 5.96. The molecule has 1 aliphatic heterocycles. The molecule has 0 saturated carbocycles. The van der Waals surface area contributed by atoms with Crippen LogP contribution in [0.2, 0.25) is 0 Å². The van der Waals surface area contributed by atoms with E-state index in [0.29, 0.717) is 18.3 Å². The lowest BCUT2D eigenvalue weighted by atomic mass is 10.1. The Kier molecular flexibility index (Phi) is 5.11. The normalized spacial score (nSPS) is 19.8. The minimum atomic E-state index is 0.0385. The third kappa shape index (κ3) is 3.90. The molecule has 1 atom stereocenters. The fourth-order valence-corrected chi connectivity index (χ4v) is 2.22. The van der Waals surface area contributed by atoms with E-state index in [2.05, 4.69) is 15.5 Å². The van der Waals surface area contributed by atoms with Crippen LogP contribution in [0.1, 0.15) is 30.5 Å². The number of amidine groups is 1. The van der Waals surface area contributed by atoms with Crippen LogP contribution in [0.3, 0.4) is 0 Å². The SMILES string of the molecule is NC(=NO)c1ncccc1CNCCC1CCCO1. The molecule has 0 radical (unpaired) electrons. The number of nitrogens with zero attached hydrogens (tertiary/aromatic N) is 2. The van der Waals surface area contributed by atoms with Gasteiger partial charge in [0.05, 0.1) is 6.10 Å². The van der Waals surface area contributed by atoms with Gasteiger partial charge in [-0.1, -0.05) is 11.2 Å². The zero-order chi connectivity index (χ0) is 13.5. The molecule has 0 amide bonds. The quantitative estimate of drug-likeness (QED) is 0.233. The second-order valence-corrected chi connectivity index (χ2v) is 4.60. The fourth-order valence-electron chi connectivity index (χ4n) is 2.22. The van der Waals surface area contributed by atoms with Crippen LogP contribution >= 0.6 is 0 Å². The van der Waals surface area contributed by atoms with E-state index in [1.165, 1.54) is 6.42 Å². The summed E-state index contributed by atoms with van der Waals surface area (Å²) in [6.07, 6.45) is 5.36. The van der Waals surface area contributed by atoms with E-state index in [1.807, 2.05) is 12.1 Å². The van der Waals surface area contributed by atoms with Gasteiger partial charge in [-0.2, -0.15) is 0 Å². The largest absolute Gasteiger partial charge is 0.409 e. The minimum absolute atomic E-state index is 0.0385. The highest BCUT2D eigenvalue weighted by atomic mass is 16.5. The van der Waals surface area contributed by atoms with Crippen molar-refractivity contribution in [3.8, 4) is 0 Å². The van der Waals surface area contributed by atoms with E-state index in [4.69, 9.17) is 15.7 Å². The molecule has 1 aromatic rings. The van der Waals surface area contributed by atoms with Gasteiger partial charge in [0.25, 0.3) is 0 Å². The summed E-state index contributed by atoms with van der Waals surface area (Å²) in [4.78, 5) is 4.13. The summed E-state index contributed by atoms with van der Waals surface area (Å²) in [7, 11) is 0. The molecule has 1 unspecified atom stereocenters. The van der Waals surface area contributed by atoms with Gasteiger partial charge in [0.15, 0.2) is 5.84 Å². The summed E-state index contributed by atoms with van der Waals surface area (Å²) in [6.45, 7) is 2.42. The monoisotopic (exact) mass is 264 g/mol. The van der Waals surface area contributed by atoms with Gasteiger partial charge >= 0.3 is 0 Å². The van der Waals surface area contributed by atoms with Crippen LogP contribution in [0.25, 0.3) is 0 Å². The maximum absolute atomic E-state index is 8.71. The molecule has 6 nitrogen and oxygen atoms in total. The number of hydrogen-bond acceptors (Lipinski definition) is 5. The lowest BCUT2D eigenvalue weighted by Crippen LogP contribution is -2.23. The van der Waals surface area contributed by atoms with E-state index < -0.39 is 0 Å². The summed E-state index contributed by atoms with van der Waals surface area (Å²) in [5.74, 6) is 0.0385. The highest BCUT2D eigenvalue weighted by Crippen LogP contribution is 2.14. The second-order valence-electron chi connectivity index (χ2n) is 4.60. The Labute approximate surface area is 112 Å². The predicted octanol–water partition coefficient (Wildman–Crippen LogP) is 0.835. The molecule has 2 heterocycles. The van der Waals surface area contributed by atoms with Crippen LogP contribution in [-0.2, 0) is 11.3 Å². The molecule has 19 heavy (non-hydrogen) atoms. The minimum Gasteiger partial charge on any atom is -0.409 e. The van der Waals surface area contributed by atoms with Crippen LogP contribution in [0.4, 0.5) is 0 Å². The molecule has 104 valence electrons. The van der Waals surface area contributed by atoms with Gasteiger partial charge < -0.3 is 21.0 Å². The Morgan fingerprint density at radius 3 is 3.26 bits per heavy atom. The average Bonchev–Trinajstić information content (AvgIpc) is 2.96. The number of hydrogen-bond donors (Lipinski definition) is 3. The van der Waals surface area contributed by atoms with Crippen LogP contribution in [-0.4, -0.2) is 35.3 Å². The van der Waals surface area contributed by atoms with Crippen LogP contribution in [0.15, 0.2) is 23.5 Å². The van der Waals surface area contributed by atoms with Crippen molar-refractivity contribution in [1.82, 2.24) is 10.3 Å². The Morgan fingerprint density at radius 1 is 1.63 bits per heavy atom. The summed E-state index contributed by atoms with van der Waals surface area (Å²) in [5, 5.41) is 15.0. The van der Waals surface area contributed by atoms with Gasteiger partial charge in [-0.05, 0) is 37.4 Å². The number of oxime groups is 1. The van der Waals surface area contributed by atoms with Gasteiger partial charge in [0, 0.05) is 19.3 Å². The smallest absolute Gasteiger partial charge is 0.189 e. The number of rotatable bonds is 6. The Hall–Kier alpha value is -1.66. The molecule has 0 aliphatic carbocycles. The Bertz CT molecular complexity index is 430. The molecule has 0 spiro atoms. The zero-order valence-corrected chi connectivity index (χ0v) is 10.9. The first-order chi connectivity index (χ1) is 9.31. The molecule has 1 aliphatic rings. The van der Waals surface area contributed by atoms with Crippen molar-refractivity contribution in [3.05, 3.63) is 29.6 Å². The van der Waals surface area contributed by atoms with Crippen molar-refractivity contribution in [2.75, 3.05) is 13.2 Å². The van der Waals surface area contributed by atoms with Gasteiger partial charge in [0.1, 0.15) is 5.69 Å². The molecule has 1 aromatic heterocycles. The first kappa shape index (κ1) is 13.8. The summed E-state index contributed by atoms with van der Waals surface area (Å²) in [6, 6.07) is 3.75. The molecule has 6 heteroatoms. The number of pyridine rings is 1. The first-order valence-electron chi connectivity index (χ1n) is 6.55. The van der Waals surface area contributed by atoms with E-state index in [0.717, 1.165) is 31.6 Å². The summed E-state index contributed by atoms with van der Waals surface area (Å²) in [5.41, 5.74) is 7.03. The fraction of sp³-hybridized carbons (Fsp3) is 0.538. The second kappa shape index (κ2) is 7.06. The van der Waals surface area contributed by atoms with Crippen molar-refractivity contribution < 1.29 is 9.94 Å². The third-order valence-electron chi connectivity index (χ3n) is 3.22. The van der Waals surface area contributed by atoms with Crippen molar-refractivity contribution in [2.24, 2.45) is 10.9 Å². The van der Waals surface area contributed by atoms with E-state index in [1.54, 1.807) is 6.20 Å². The van der Waals surface area contributed by atoms with Crippen LogP contribution < -0.4 is 11.1 Å². The van der Waals surface area contributed by atoms with Gasteiger partial charge in [-0.15, -0.1) is 0 Å². The van der Waals surface area contributed by atoms with Gasteiger partial charge in [-0.25, -0.2) is 0 Å². The van der Waals surface area contributed by atoms with Crippen LogP contribution in [0.5, 0.6) is 0 Å². The lowest BCUT2D eigenvalue weighted by Gasteiger charge is -2.11. The van der Waals surface area contributed by atoms with Crippen molar-refractivity contribution in [2.45, 2.75) is 31.9 Å². The Balaban J connectivity index is 1.82. The standard InChI is InChI=1S/C13H20N4O2/c14-13(17-18)12-10(3-1-6-16-12)9-15-7-5-11-4-2-8-19-11/h1,3,6,11,15,18H,2,4-5,7-9H2,(H2,14,17). The highest BCUT2D eigenvalue weighted by Gasteiger charge is 2.14. The predicted molar refractivity (Wildman–Crippen MR) is 72.0 cm³/mol. The first-order valence-corrected chi connectivity index (χ1v) is 6.55. The summed E-state index contributed by atoms with van der Waals surface area (Å²) >= 11 is 0. The van der Waals surface area contributed by atoms with Gasteiger partial charge in [0.2, 0.25) is 0 Å². The molecule has 4 N–H and O–H groups in total. The molecule has 0 aromatic carbocycles. The Morgan fingerprint density at radius 2 is 2.53 bits per heavy atom. The van der Waals surface area contributed by atoms with Crippen molar-refractivity contribution >= 4 is 5.84 Å². The van der Waals surface area contributed by atoms with E-state index >= 15 is 0 Å². The maximum atomic E-state index is 8.71. The van der Waals surface area contributed by atoms with E-state index in [-0.39, 0.29) is 5.84 Å². The van der Waals surface area contributed by atoms with Crippen molar-refractivity contribution in [3.63, 3.8) is 0 Å². The topological polar surface area (TPSA) is 92.8 Å². The number of nitrogens with two attached hydrogens (primary N) is 1.